The Kier molecular flexibility index (Phi) is 5.36. The van der Waals surface area contributed by atoms with Gasteiger partial charge in [-0.25, -0.2) is 4.79 Å². The fourth-order valence-electron chi connectivity index (χ4n) is 2.43. The number of amides is 1. The molecule has 0 radical (unpaired) electrons. The highest BCUT2D eigenvalue weighted by Crippen LogP contribution is 2.32. The van der Waals surface area contributed by atoms with E-state index in [4.69, 9.17) is 0 Å². The van der Waals surface area contributed by atoms with E-state index < -0.39 is 35.2 Å². The summed E-state index contributed by atoms with van der Waals surface area (Å²) in [5.41, 5.74) is 0.401. The highest BCUT2D eigenvalue weighted by molar-refractivity contribution is 6.05. The Balaban J connectivity index is 2.48. The molecule has 2 aromatic rings. The predicted molar refractivity (Wildman–Crippen MR) is 92.4 cm³/mol. The topological polar surface area (TPSA) is 139 Å². The van der Waals surface area contributed by atoms with Crippen LogP contribution in [0.3, 0.4) is 0 Å². The molecule has 2 rings (SSSR count). The molecule has 0 aliphatic heterocycles. The van der Waals surface area contributed by atoms with E-state index in [0.29, 0.717) is 5.56 Å². The molecule has 136 valence electrons. The summed E-state index contributed by atoms with van der Waals surface area (Å²) in [5, 5.41) is 47.6. The largest absolute Gasteiger partial charge is 0.504 e. The first-order chi connectivity index (χ1) is 12.2. The van der Waals surface area contributed by atoms with E-state index in [1.165, 1.54) is 24.3 Å². The van der Waals surface area contributed by atoms with Gasteiger partial charge in [0.2, 0.25) is 0 Å². The zero-order chi connectivity index (χ0) is 19.4. The van der Waals surface area contributed by atoms with Crippen LogP contribution in [-0.4, -0.2) is 43.5 Å². The summed E-state index contributed by atoms with van der Waals surface area (Å²) in [5.74, 6) is -3.78. The molecule has 0 aliphatic carbocycles. The average Bonchev–Trinajstić information content (AvgIpc) is 2.60. The highest BCUT2D eigenvalue weighted by Gasteiger charge is 2.30. The number of nitrogens with zero attached hydrogens (tertiary/aromatic N) is 1. The number of anilines is 1. The van der Waals surface area contributed by atoms with Crippen molar-refractivity contribution in [1.29, 1.82) is 0 Å². The number of hydrogen-bond acceptors (Lipinski definition) is 6. The molecule has 1 amide bonds. The predicted octanol–water partition coefficient (Wildman–Crippen LogP) is 1.72. The van der Waals surface area contributed by atoms with Crippen molar-refractivity contribution in [3.8, 4) is 23.0 Å². The lowest BCUT2D eigenvalue weighted by molar-refractivity contribution is -0.139. The second-order valence-corrected chi connectivity index (χ2v) is 5.47. The van der Waals surface area contributed by atoms with Crippen LogP contribution < -0.4 is 4.90 Å². The number of carboxylic acids is 1. The van der Waals surface area contributed by atoms with E-state index in [1.54, 1.807) is 0 Å². The molecule has 0 spiro atoms. The molecule has 0 aromatic heterocycles. The number of benzene rings is 2. The average molecular weight is 359 g/mol. The third kappa shape index (κ3) is 3.86. The van der Waals surface area contributed by atoms with Crippen LogP contribution in [0.2, 0.25) is 0 Å². The monoisotopic (exact) mass is 359 g/mol. The molecule has 0 saturated carbocycles. The Morgan fingerprint density at radius 1 is 0.962 bits per heavy atom. The van der Waals surface area contributed by atoms with Crippen molar-refractivity contribution in [2.24, 2.45) is 0 Å². The van der Waals surface area contributed by atoms with Gasteiger partial charge in [-0.1, -0.05) is 12.6 Å². The molecule has 26 heavy (non-hydrogen) atoms. The summed E-state index contributed by atoms with van der Waals surface area (Å²) in [7, 11) is 0. The van der Waals surface area contributed by atoms with Crippen LogP contribution in [0.15, 0.2) is 49.1 Å². The number of aromatic hydroxyl groups is 4. The maximum atomic E-state index is 12.3. The van der Waals surface area contributed by atoms with Gasteiger partial charge < -0.3 is 25.5 Å². The molecule has 5 N–H and O–H groups in total. The van der Waals surface area contributed by atoms with Crippen molar-refractivity contribution in [1.82, 2.24) is 0 Å². The Hall–Kier alpha value is -3.68. The minimum absolute atomic E-state index is 0.0422. The molecule has 2 aromatic carbocycles. The SMILES string of the molecule is C=CC(=O)N(c1ccc(O)c(O)c1)[C@@H](Cc1ccc(O)c(O)c1)C(=O)O. The molecule has 0 fully saturated rings. The molecule has 0 heterocycles. The number of carbonyl (C=O) groups excluding carboxylic acids is 1. The van der Waals surface area contributed by atoms with Crippen LogP contribution >= 0.6 is 0 Å². The molecule has 0 unspecified atom stereocenters. The van der Waals surface area contributed by atoms with Gasteiger partial charge in [0.1, 0.15) is 6.04 Å². The lowest BCUT2D eigenvalue weighted by Crippen LogP contribution is -2.46. The molecule has 0 saturated heterocycles. The Morgan fingerprint density at radius 2 is 1.54 bits per heavy atom. The van der Waals surface area contributed by atoms with Gasteiger partial charge in [-0.15, -0.1) is 0 Å². The Bertz CT molecular complexity index is 863. The summed E-state index contributed by atoms with van der Waals surface area (Å²) in [6.45, 7) is 3.35. The van der Waals surface area contributed by atoms with Crippen LogP contribution in [0.4, 0.5) is 5.69 Å². The summed E-state index contributed by atoms with van der Waals surface area (Å²) < 4.78 is 0. The van der Waals surface area contributed by atoms with Gasteiger partial charge in [0.05, 0.1) is 0 Å². The van der Waals surface area contributed by atoms with Crippen molar-refractivity contribution >= 4 is 17.6 Å². The minimum Gasteiger partial charge on any atom is -0.504 e. The number of rotatable bonds is 6. The van der Waals surface area contributed by atoms with Crippen molar-refractivity contribution in [3.63, 3.8) is 0 Å². The van der Waals surface area contributed by atoms with E-state index in [9.17, 15) is 35.1 Å². The fraction of sp³-hybridized carbons (Fsp3) is 0.111. The number of phenols is 4. The summed E-state index contributed by atoms with van der Waals surface area (Å²) in [6.07, 6.45) is 0.735. The zero-order valence-electron chi connectivity index (χ0n) is 13.5. The second-order valence-electron chi connectivity index (χ2n) is 5.47. The molecule has 1 atom stereocenters. The number of hydrogen-bond donors (Lipinski definition) is 5. The first-order valence-electron chi connectivity index (χ1n) is 7.46. The molecule has 8 heteroatoms. The highest BCUT2D eigenvalue weighted by atomic mass is 16.4. The van der Waals surface area contributed by atoms with Crippen LogP contribution in [0, 0.1) is 0 Å². The van der Waals surface area contributed by atoms with Gasteiger partial charge in [0.25, 0.3) is 5.91 Å². The summed E-state index contributed by atoms with van der Waals surface area (Å²) in [6, 6.07) is 5.87. The van der Waals surface area contributed by atoms with Crippen molar-refractivity contribution < 1.29 is 35.1 Å². The second kappa shape index (κ2) is 7.47. The maximum absolute atomic E-state index is 12.3. The van der Waals surface area contributed by atoms with Crippen LogP contribution in [0.5, 0.6) is 23.0 Å². The van der Waals surface area contributed by atoms with Crippen molar-refractivity contribution in [2.45, 2.75) is 12.5 Å². The van der Waals surface area contributed by atoms with Gasteiger partial charge in [-0.3, -0.25) is 9.69 Å². The molecular weight excluding hydrogens is 342 g/mol. The number of phenolic OH excluding ortho intramolecular Hbond substituents is 4. The van der Waals surface area contributed by atoms with Gasteiger partial charge in [0, 0.05) is 18.2 Å². The summed E-state index contributed by atoms with van der Waals surface area (Å²) >= 11 is 0. The Labute approximate surface area is 148 Å². The van der Waals surface area contributed by atoms with Gasteiger partial charge >= 0.3 is 5.97 Å². The van der Waals surface area contributed by atoms with Crippen molar-refractivity contribution in [2.75, 3.05) is 4.90 Å². The number of carboxylic acid groups (broad SMARTS) is 1. The minimum atomic E-state index is -1.40. The van der Waals surface area contributed by atoms with E-state index in [0.717, 1.165) is 23.1 Å². The first-order valence-corrected chi connectivity index (χ1v) is 7.46. The van der Waals surface area contributed by atoms with Gasteiger partial charge in [0.15, 0.2) is 23.0 Å². The third-order valence-electron chi connectivity index (χ3n) is 3.71. The molecule has 8 nitrogen and oxygen atoms in total. The first kappa shape index (κ1) is 18.7. The molecule has 0 bridgehead atoms. The third-order valence-corrected chi connectivity index (χ3v) is 3.71. The fourth-order valence-corrected chi connectivity index (χ4v) is 2.43. The molecular formula is C18H17NO7. The standard InChI is InChI=1S/C18H17NO7/c1-2-17(24)19(11-4-6-14(21)16(23)9-11)12(18(25)26)7-10-3-5-13(20)15(22)8-10/h2-6,8-9,12,20-23H,1,7H2,(H,25,26)/t12-/m0/s1. The van der Waals surface area contributed by atoms with E-state index in [1.807, 2.05) is 0 Å². The van der Waals surface area contributed by atoms with E-state index in [-0.39, 0.29) is 17.9 Å². The smallest absolute Gasteiger partial charge is 0.327 e. The van der Waals surface area contributed by atoms with Crippen LogP contribution in [0.25, 0.3) is 0 Å². The summed E-state index contributed by atoms with van der Waals surface area (Å²) in [4.78, 5) is 25.0. The lowest BCUT2D eigenvalue weighted by atomic mass is 10.0. The van der Waals surface area contributed by atoms with E-state index in [2.05, 4.69) is 6.58 Å². The Morgan fingerprint density at radius 3 is 2.04 bits per heavy atom. The lowest BCUT2D eigenvalue weighted by Gasteiger charge is -2.28. The normalized spacial score (nSPS) is 11.5. The van der Waals surface area contributed by atoms with Crippen LogP contribution in [0.1, 0.15) is 5.56 Å². The number of aliphatic carboxylic acids is 1. The van der Waals surface area contributed by atoms with Gasteiger partial charge in [-0.05, 0) is 35.9 Å². The quantitative estimate of drug-likeness (QED) is 0.391. The van der Waals surface area contributed by atoms with Crippen molar-refractivity contribution in [3.05, 3.63) is 54.6 Å². The zero-order valence-corrected chi connectivity index (χ0v) is 13.5. The molecule has 0 aliphatic rings. The number of carbonyl (C=O) groups is 2. The van der Waals surface area contributed by atoms with Gasteiger partial charge in [-0.2, -0.15) is 0 Å². The van der Waals surface area contributed by atoms with Crippen LogP contribution in [-0.2, 0) is 16.0 Å². The maximum Gasteiger partial charge on any atom is 0.327 e. The van der Waals surface area contributed by atoms with E-state index >= 15 is 0 Å².